The maximum Gasteiger partial charge on any atom is 0.416 e. The highest BCUT2D eigenvalue weighted by Crippen LogP contribution is 2.33. The minimum absolute atomic E-state index is 0.0669. The summed E-state index contributed by atoms with van der Waals surface area (Å²) in [5.74, 6) is -0.597. The van der Waals surface area contributed by atoms with Gasteiger partial charge in [-0.05, 0) is 43.4 Å². The van der Waals surface area contributed by atoms with E-state index in [1.165, 1.54) is 0 Å². The summed E-state index contributed by atoms with van der Waals surface area (Å²) in [5, 5.41) is 0. The van der Waals surface area contributed by atoms with Crippen molar-refractivity contribution in [2.45, 2.75) is 64.6 Å². The van der Waals surface area contributed by atoms with E-state index in [9.17, 15) is 26.4 Å². The zero-order valence-corrected chi connectivity index (χ0v) is 22.2. The number of rotatable bonds is 8. The molecule has 0 spiro atoms. The molecule has 200 valence electrons. The van der Waals surface area contributed by atoms with E-state index in [-0.39, 0.29) is 35.5 Å². The van der Waals surface area contributed by atoms with E-state index < -0.39 is 27.5 Å². The number of ether oxygens (including phenoxy) is 1. The molecule has 1 aromatic heterocycles. The molecular weight excluding hydrogens is 495 g/mol. The van der Waals surface area contributed by atoms with E-state index in [2.05, 4.69) is 4.99 Å². The molecule has 11 heteroatoms. The third kappa shape index (κ3) is 7.02. The van der Waals surface area contributed by atoms with Gasteiger partial charge in [0, 0.05) is 37.0 Å². The highest BCUT2D eigenvalue weighted by atomic mass is 32.2. The first kappa shape index (κ1) is 28.0. The number of hydrogen-bond donors (Lipinski definition) is 0. The topological polar surface area (TPSA) is 82.7 Å². The predicted molar refractivity (Wildman–Crippen MR) is 131 cm³/mol. The van der Waals surface area contributed by atoms with E-state index in [4.69, 9.17) is 4.74 Å². The van der Waals surface area contributed by atoms with Gasteiger partial charge in [-0.1, -0.05) is 27.2 Å². The Bertz CT molecular complexity index is 1280. The maximum atomic E-state index is 13.4. The third-order valence-electron chi connectivity index (χ3n) is 6.34. The highest BCUT2D eigenvalue weighted by Gasteiger charge is 2.32. The number of sulfone groups is 1. The van der Waals surface area contributed by atoms with Crippen LogP contribution in [0.25, 0.3) is 0 Å². The normalized spacial score (nSPS) is 15.7. The summed E-state index contributed by atoms with van der Waals surface area (Å²) in [4.78, 5) is 17.5. The SMILES string of the molecule is Cn1c(C(C)(C)C)cc(=NC(=O)c2cc(C(F)(F)F)ccc2OCCCS(C)(=O)=O)n1CC1CCC1. The van der Waals surface area contributed by atoms with Crippen molar-refractivity contribution in [1.82, 2.24) is 9.36 Å². The molecule has 36 heavy (non-hydrogen) atoms. The fraction of sp³-hybridized carbons (Fsp3) is 0.600. The van der Waals surface area contributed by atoms with Crippen LogP contribution < -0.4 is 10.2 Å². The Balaban J connectivity index is 2.02. The molecule has 1 aliphatic carbocycles. The fourth-order valence-corrected chi connectivity index (χ4v) is 4.81. The molecule has 1 saturated carbocycles. The molecule has 1 aliphatic rings. The fourth-order valence-electron chi connectivity index (χ4n) is 4.17. The zero-order valence-electron chi connectivity index (χ0n) is 21.4. The first-order valence-electron chi connectivity index (χ1n) is 11.9. The summed E-state index contributed by atoms with van der Waals surface area (Å²) >= 11 is 0. The van der Waals surface area contributed by atoms with Crippen LogP contribution in [0.4, 0.5) is 13.2 Å². The van der Waals surface area contributed by atoms with Crippen LogP contribution in [0.5, 0.6) is 5.75 Å². The van der Waals surface area contributed by atoms with E-state index in [0.717, 1.165) is 49.4 Å². The monoisotopic (exact) mass is 529 g/mol. The number of nitrogens with zero attached hydrogens (tertiary/aromatic N) is 3. The second-order valence-electron chi connectivity index (χ2n) is 10.5. The van der Waals surface area contributed by atoms with Crippen LogP contribution in [0.15, 0.2) is 29.3 Å². The van der Waals surface area contributed by atoms with Gasteiger partial charge < -0.3 is 4.74 Å². The molecule has 0 atom stereocenters. The molecule has 0 unspecified atom stereocenters. The Morgan fingerprint density at radius 2 is 1.83 bits per heavy atom. The summed E-state index contributed by atoms with van der Waals surface area (Å²) in [7, 11) is -1.33. The number of carbonyl (C=O) groups is 1. The van der Waals surface area contributed by atoms with Crippen molar-refractivity contribution in [2.75, 3.05) is 18.6 Å². The van der Waals surface area contributed by atoms with Crippen molar-refractivity contribution in [3.8, 4) is 5.75 Å². The van der Waals surface area contributed by atoms with E-state index in [1.807, 2.05) is 37.2 Å². The molecule has 7 nitrogen and oxygen atoms in total. The summed E-state index contributed by atoms with van der Waals surface area (Å²) < 4.78 is 72.3. The minimum Gasteiger partial charge on any atom is -0.493 e. The Kier molecular flexibility index (Phi) is 8.12. The standard InChI is InChI=1S/C25H34F3N3O4S/c1-24(2,3)21-15-22(31(30(21)4)16-17-8-6-9-17)29-23(32)19-14-18(25(26,27)28)10-11-20(19)35-12-7-13-36(5,33)34/h10-11,14-15,17H,6-9,12-13,16H2,1-5H3. The van der Waals surface area contributed by atoms with E-state index >= 15 is 0 Å². The number of benzene rings is 1. The van der Waals surface area contributed by atoms with Crippen molar-refractivity contribution < 1.29 is 31.1 Å². The number of aromatic nitrogens is 2. The van der Waals surface area contributed by atoms with Gasteiger partial charge in [0.2, 0.25) is 0 Å². The lowest BCUT2D eigenvalue weighted by atomic mass is 9.85. The third-order valence-corrected chi connectivity index (χ3v) is 7.37. The van der Waals surface area contributed by atoms with Crippen molar-refractivity contribution >= 4 is 15.7 Å². The Labute approximate surface area is 209 Å². The van der Waals surface area contributed by atoms with Gasteiger partial charge in [-0.25, -0.2) is 8.42 Å². The maximum absolute atomic E-state index is 13.4. The van der Waals surface area contributed by atoms with Gasteiger partial charge in [-0.2, -0.15) is 18.2 Å². The molecule has 3 rings (SSSR count). The van der Waals surface area contributed by atoms with Crippen molar-refractivity contribution in [1.29, 1.82) is 0 Å². The van der Waals surface area contributed by atoms with Crippen LogP contribution in [0.3, 0.4) is 0 Å². The minimum atomic E-state index is -4.65. The van der Waals surface area contributed by atoms with Crippen LogP contribution in [-0.4, -0.2) is 42.3 Å². The molecule has 0 bridgehead atoms. The average Bonchev–Trinajstić information content (AvgIpc) is 3.02. The van der Waals surface area contributed by atoms with Gasteiger partial charge in [0.1, 0.15) is 15.6 Å². The first-order chi connectivity index (χ1) is 16.6. The molecule has 0 aliphatic heterocycles. The smallest absolute Gasteiger partial charge is 0.416 e. The zero-order chi connectivity index (χ0) is 26.9. The number of amides is 1. The molecule has 0 N–H and O–H groups in total. The molecule has 0 radical (unpaired) electrons. The second-order valence-corrected chi connectivity index (χ2v) is 12.8. The Morgan fingerprint density at radius 3 is 2.36 bits per heavy atom. The molecular formula is C25H34F3N3O4S. The molecule has 1 fully saturated rings. The quantitative estimate of drug-likeness (QED) is 0.472. The van der Waals surface area contributed by atoms with Gasteiger partial charge in [-0.15, -0.1) is 0 Å². The van der Waals surface area contributed by atoms with Crippen LogP contribution in [0.2, 0.25) is 0 Å². The van der Waals surface area contributed by atoms with Gasteiger partial charge >= 0.3 is 6.18 Å². The average molecular weight is 530 g/mol. The first-order valence-corrected chi connectivity index (χ1v) is 14.0. The molecule has 0 saturated heterocycles. The van der Waals surface area contributed by atoms with Crippen molar-refractivity contribution in [2.24, 2.45) is 18.0 Å². The predicted octanol–water partition coefficient (Wildman–Crippen LogP) is 4.50. The van der Waals surface area contributed by atoms with Gasteiger partial charge in [0.05, 0.1) is 23.5 Å². The van der Waals surface area contributed by atoms with Gasteiger partial charge in [-0.3, -0.25) is 14.2 Å². The molecule has 1 amide bonds. The number of alkyl halides is 3. The van der Waals surface area contributed by atoms with Gasteiger partial charge in [0.25, 0.3) is 5.91 Å². The largest absolute Gasteiger partial charge is 0.493 e. The summed E-state index contributed by atoms with van der Waals surface area (Å²) in [5.41, 5.74) is -0.234. The lowest BCUT2D eigenvalue weighted by Gasteiger charge is -2.27. The number of halogens is 3. The van der Waals surface area contributed by atoms with Crippen LogP contribution in [0, 0.1) is 5.92 Å². The van der Waals surface area contributed by atoms with Gasteiger partial charge in [0.15, 0.2) is 5.49 Å². The highest BCUT2D eigenvalue weighted by molar-refractivity contribution is 7.90. The molecule has 1 aromatic carbocycles. The van der Waals surface area contributed by atoms with Crippen molar-refractivity contribution in [3.05, 3.63) is 46.6 Å². The van der Waals surface area contributed by atoms with Crippen LogP contribution in [-0.2, 0) is 35.0 Å². The summed E-state index contributed by atoms with van der Waals surface area (Å²) in [6.45, 7) is 6.71. The molecule has 1 heterocycles. The second kappa shape index (κ2) is 10.4. The van der Waals surface area contributed by atoms with Crippen LogP contribution in [0.1, 0.15) is 68.1 Å². The van der Waals surface area contributed by atoms with E-state index in [0.29, 0.717) is 18.0 Å². The summed E-state index contributed by atoms with van der Waals surface area (Å²) in [6, 6.07) is 4.46. The summed E-state index contributed by atoms with van der Waals surface area (Å²) in [6.07, 6.45) is -0.119. The van der Waals surface area contributed by atoms with Crippen molar-refractivity contribution in [3.63, 3.8) is 0 Å². The molecule has 2 aromatic rings. The Morgan fingerprint density at radius 1 is 1.17 bits per heavy atom. The van der Waals surface area contributed by atoms with E-state index in [1.54, 1.807) is 6.07 Å². The number of carbonyl (C=O) groups excluding carboxylic acids is 1. The lowest BCUT2D eigenvalue weighted by Crippen LogP contribution is -2.30. The van der Waals surface area contributed by atoms with Crippen LogP contribution >= 0.6 is 0 Å². The Hall–Kier alpha value is -2.56. The lowest BCUT2D eigenvalue weighted by molar-refractivity contribution is -0.137. The number of hydrogen-bond acceptors (Lipinski definition) is 4.